The van der Waals surface area contributed by atoms with Crippen LogP contribution in [0.3, 0.4) is 0 Å². The molecule has 0 unspecified atom stereocenters. The predicted octanol–water partition coefficient (Wildman–Crippen LogP) is 2.98. The number of aromatic nitrogens is 4. The van der Waals surface area contributed by atoms with Gasteiger partial charge in [0.2, 0.25) is 5.95 Å². The molecule has 2 aromatic heterocycles. The highest BCUT2D eigenvalue weighted by Gasteiger charge is 2.23. The number of piperidine rings is 1. The first-order valence-corrected chi connectivity index (χ1v) is 11.2. The van der Waals surface area contributed by atoms with Crippen LogP contribution in [0.25, 0.3) is 11.3 Å². The summed E-state index contributed by atoms with van der Waals surface area (Å²) in [5.41, 5.74) is 2.80. The molecule has 9 heteroatoms. The molecule has 9 nitrogen and oxygen atoms in total. The molecule has 0 aliphatic carbocycles. The van der Waals surface area contributed by atoms with E-state index in [0.717, 1.165) is 68.2 Å². The molecule has 1 atom stereocenters. The number of nitrogens with zero attached hydrogens (tertiary/aromatic N) is 5. The summed E-state index contributed by atoms with van der Waals surface area (Å²) in [5, 5.41) is 22.8. The number of likely N-dealkylation sites (tertiary alicyclic amines) is 1. The van der Waals surface area contributed by atoms with Gasteiger partial charge < -0.3 is 24.5 Å². The first-order valence-electron chi connectivity index (χ1n) is 11.2. The van der Waals surface area contributed by atoms with Crippen molar-refractivity contribution in [1.29, 1.82) is 0 Å². The number of ether oxygens (including phenoxy) is 1. The maximum atomic E-state index is 10.7. The number of hydrogen-bond donors (Lipinski definition) is 2. The van der Waals surface area contributed by atoms with Crippen molar-refractivity contribution in [2.45, 2.75) is 45.1 Å². The van der Waals surface area contributed by atoms with Gasteiger partial charge in [-0.2, -0.15) is 0 Å². The van der Waals surface area contributed by atoms with Gasteiger partial charge in [0, 0.05) is 36.6 Å². The number of fused-ring (bicyclic) bond motifs is 1. The normalized spacial score (nSPS) is 18.3. The van der Waals surface area contributed by atoms with E-state index in [-0.39, 0.29) is 11.8 Å². The van der Waals surface area contributed by atoms with Crippen molar-refractivity contribution in [2.24, 2.45) is 0 Å². The summed E-state index contributed by atoms with van der Waals surface area (Å²) in [7, 11) is 0. The molecule has 0 amide bonds. The van der Waals surface area contributed by atoms with E-state index in [9.17, 15) is 5.11 Å². The van der Waals surface area contributed by atoms with Gasteiger partial charge in [0.15, 0.2) is 5.89 Å². The fourth-order valence-corrected chi connectivity index (χ4v) is 4.55. The van der Waals surface area contributed by atoms with Crippen LogP contribution < -0.4 is 10.1 Å². The van der Waals surface area contributed by atoms with Crippen molar-refractivity contribution in [2.75, 3.05) is 31.6 Å². The van der Waals surface area contributed by atoms with Crippen LogP contribution in [0, 0.1) is 6.92 Å². The third-order valence-electron chi connectivity index (χ3n) is 6.15. The monoisotopic (exact) mass is 436 g/mol. The Labute approximate surface area is 186 Å². The van der Waals surface area contributed by atoms with Crippen LogP contribution in [-0.4, -0.2) is 62.5 Å². The third-order valence-corrected chi connectivity index (χ3v) is 6.15. The largest absolute Gasteiger partial charge is 0.507 e. The molecule has 2 aliphatic rings. The van der Waals surface area contributed by atoms with E-state index in [1.54, 1.807) is 12.5 Å². The van der Waals surface area contributed by atoms with Gasteiger partial charge in [-0.05, 0) is 51.4 Å². The molecule has 4 heterocycles. The number of rotatable bonds is 7. The average molecular weight is 437 g/mol. The summed E-state index contributed by atoms with van der Waals surface area (Å²) in [6, 6.07) is 3.98. The molecule has 1 saturated heterocycles. The molecule has 0 radical (unpaired) electrons. The third kappa shape index (κ3) is 4.38. The Balaban J connectivity index is 1.21. The van der Waals surface area contributed by atoms with E-state index in [4.69, 9.17) is 9.15 Å². The molecule has 168 valence electrons. The molecule has 0 saturated carbocycles. The quantitative estimate of drug-likeness (QED) is 0.577. The van der Waals surface area contributed by atoms with E-state index in [1.807, 2.05) is 19.1 Å². The lowest BCUT2D eigenvalue weighted by molar-refractivity contribution is 0.212. The Kier molecular flexibility index (Phi) is 5.89. The fourth-order valence-electron chi connectivity index (χ4n) is 4.55. The molecular formula is C23H28N6O3. The maximum Gasteiger partial charge on any atom is 0.243 e. The highest BCUT2D eigenvalue weighted by atomic mass is 16.5. The zero-order chi connectivity index (χ0) is 21.9. The van der Waals surface area contributed by atoms with Crippen LogP contribution in [0.4, 0.5) is 5.95 Å². The molecule has 0 bridgehead atoms. The molecular weight excluding hydrogens is 408 g/mol. The summed E-state index contributed by atoms with van der Waals surface area (Å²) in [6.45, 7) is 5.55. The number of anilines is 1. The smallest absolute Gasteiger partial charge is 0.243 e. The topological polar surface area (TPSA) is 109 Å². The van der Waals surface area contributed by atoms with Crippen molar-refractivity contribution in [3.8, 4) is 22.8 Å². The van der Waals surface area contributed by atoms with E-state index >= 15 is 0 Å². The van der Waals surface area contributed by atoms with Gasteiger partial charge in [-0.15, -0.1) is 10.2 Å². The van der Waals surface area contributed by atoms with Crippen LogP contribution in [0.5, 0.6) is 11.5 Å². The summed E-state index contributed by atoms with van der Waals surface area (Å²) >= 11 is 0. The van der Waals surface area contributed by atoms with Crippen molar-refractivity contribution < 1.29 is 14.3 Å². The lowest BCUT2D eigenvalue weighted by Crippen LogP contribution is -2.42. The van der Waals surface area contributed by atoms with Crippen molar-refractivity contribution in [3.63, 3.8) is 0 Å². The minimum absolute atomic E-state index is 0.215. The first-order chi connectivity index (χ1) is 15.7. The average Bonchev–Trinajstić information content (AvgIpc) is 3.48. The van der Waals surface area contributed by atoms with Crippen LogP contribution in [0.15, 0.2) is 29.0 Å². The highest BCUT2D eigenvalue weighted by Crippen LogP contribution is 2.40. The van der Waals surface area contributed by atoms with Crippen LogP contribution in [0.2, 0.25) is 0 Å². The van der Waals surface area contributed by atoms with E-state index in [2.05, 4.69) is 30.4 Å². The lowest BCUT2D eigenvalue weighted by Gasteiger charge is -2.33. The standard InChI is InChI=1S/C23H28N6O3/c1-15-21(18-6-7-19-17(22(18)30)8-12-31-19)27-28-23(25-15)26-16-4-2-10-29(14-16)11-3-5-20-24-9-13-32-20/h6-7,9,13,16,30H,2-5,8,10-12,14H2,1H3,(H,25,26,28)/t16-/m1/s1. The second kappa shape index (κ2) is 9.12. The number of phenolic OH excluding ortho intramolecular Hbond substituents is 1. The molecule has 5 rings (SSSR count). The number of nitrogens with one attached hydrogen (secondary N) is 1. The van der Waals surface area contributed by atoms with E-state index in [0.29, 0.717) is 30.2 Å². The second-order valence-electron chi connectivity index (χ2n) is 8.42. The summed E-state index contributed by atoms with van der Waals surface area (Å²) < 4.78 is 10.8. The molecule has 3 aromatic rings. The van der Waals surface area contributed by atoms with Gasteiger partial charge in [-0.1, -0.05) is 0 Å². The van der Waals surface area contributed by atoms with E-state index < -0.39 is 0 Å². The van der Waals surface area contributed by atoms with Gasteiger partial charge in [0.05, 0.1) is 18.5 Å². The first kappa shape index (κ1) is 20.7. The highest BCUT2D eigenvalue weighted by molar-refractivity contribution is 5.72. The number of oxazole rings is 1. The summed E-state index contributed by atoms with van der Waals surface area (Å²) in [6.07, 6.45) is 8.10. The Morgan fingerprint density at radius 1 is 1.28 bits per heavy atom. The number of benzene rings is 1. The molecule has 2 aliphatic heterocycles. The molecule has 1 fully saturated rings. The molecule has 0 spiro atoms. The fraction of sp³-hybridized carbons (Fsp3) is 0.478. The maximum absolute atomic E-state index is 10.7. The van der Waals surface area contributed by atoms with Crippen molar-refractivity contribution in [1.82, 2.24) is 25.1 Å². The summed E-state index contributed by atoms with van der Waals surface area (Å²) in [4.78, 5) is 11.3. The SMILES string of the molecule is Cc1nc(N[C@@H]2CCCN(CCCc3ncco3)C2)nnc1-c1ccc2c(c1O)CCO2. The van der Waals surface area contributed by atoms with Crippen LogP contribution in [-0.2, 0) is 12.8 Å². The number of aromatic hydroxyl groups is 1. The van der Waals surface area contributed by atoms with Gasteiger partial charge in [0.25, 0.3) is 0 Å². The molecule has 2 N–H and O–H groups in total. The number of aryl methyl sites for hydroxylation is 2. The summed E-state index contributed by atoms with van der Waals surface area (Å²) in [5.74, 6) is 2.29. The van der Waals surface area contributed by atoms with Gasteiger partial charge in [-0.3, -0.25) is 0 Å². The Morgan fingerprint density at radius 2 is 2.22 bits per heavy atom. The Morgan fingerprint density at radius 3 is 3.06 bits per heavy atom. The zero-order valence-electron chi connectivity index (χ0n) is 18.3. The minimum atomic E-state index is 0.215. The van der Waals surface area contributed by atoms with E-state index in [1.165, 1.54) is 0 Å². The van der Waals surface area contributed by atoms with Gasteiger partial charge in [0.1, 0.15) is 23.5 Å². The Hall–Kier alpha value is -3.20. The minimum Gasteiger partial charge on any atom is -0.507 e. The predicted molar refractivity (Wildman–Crippen MR) is 119 cm³/mol. The van der Waals surface area contributed by atoms with Crippen LogP contribution in [0.1, 0.15) is 36.4 Å². The van der Waals surface area contributed by atoms with Crippen molar-refractivity contribution in [3.05, 3.63) is 41.7 Å². The number of phenols is 1. The van der Waals surface area contributed by atoms with Gasteiger partial charge >= 0.3 is 0 Å². The lowest BCUT2D eigenvalue weighted by atomic mass is 10.0. The molecule has 32 heavy (non-hydrogen) atoms. The second-order valence-corrected chi connectivity index (χ2v) is 8.42. The Bertz CT molecular complexity index is 1070. The van der Waals surface area contributed by atoms with Crippen LogP contribution >= 0.6 is 0 Å². The van der Waals surface area contributed by atoms with Crippen molar-refractivity contribution >= 4 is 5.95 Å². The zero-order valence-corrected chi connectivity index (χ0v) is 18.3. The molecule has 1 aromatic carbocycles. The number of hydrogen-bond acceptors (Lipinski definition) is 9. The van der Waals surface area contributed by atoms with Gasteiger partial charge in [-0.25, -0.2) is 9.97 Å².